The number of hydrogen-bond acceptors (Lipinski definition) is 5. The fourth-order valence-electron chi connectivity index (χ4n) is 3.66. The van der Waals surface area contributed by atoms with Crippen LogP contribution >= 0.6 is 0 Å². The van der Waals surface area contributed by atoms with E-state index in [0.717, 1.165) is 31.5 Å². The van der Waals surface area contributed by atoms with Crippen LogP contribution in [0.25, 0.3) is 0 Å². The van der Waals surface area contributed by atoms with Crippen LogP contribution in [0.2, 0.25) is 0 Å². The number of rotatable bonds is 7. The lowest BCUT2D eigenvalue weighted by atomic mass is 10.1. The van der Waals surface area contributed by atoms with Gasteiger partial charge in [0.1, 0.15) is 5.82 Å². The summed E-state index contributed by atoms with van der Waals surface area (Å²) < 4.78 is 26.6. The summed E-state index contributed by atoms with van der Waals surface area (Å²) in [5, 5.41) is 2.89. The number of sulfonamides is 1. The molecule has 1 amide bonds. The van der Waals surface area contributed by atoms with E-state index in [0.29, 0.717) is 39.1 Å². The summed E-state index contributed by atoms with van der Waals surface area (Å²) in [5.41, 5.74) is 0. The average molecular weight is 381 g/mol. The molecule has 144 valence electrons. The van der Waals surface area contributed by atoms with Gasteiger partial charge in [0.2, 0.25) is 15.9 Å². The number of pyridine rings is 1. The summed E-state index contributed by atoms with van der Waals surface area (Å²) >= 11 is 0. The van der Waals surface area contributed by atoms with Gasteiger partial charge < -0.3 is 10.2 Å². The first kappa shape index (κ1) is 19.1. The lowest BCUT2D eigenvalue weighted by Crippen LogP contribution is -2.49. The molecule has 0 aromatic carbocycles. The van der Waals surface area contributed by atoms with Gasteiger partial charge in [-0.1, -0.05) is 18.9 Å². The highest BCUT2D eigenvalue weighted by Crippen LogP contribution is 2.24. The minimum Gasteiger partial charge on any atom is -0.356 e. The Labute approximate surface area is 155 Å². The zero-order chi connectivity index (χ0) is 18.4. The molecule has 0 radical (unpaired) electrons. The van der Waals surface area contributed by atoms with E-state index in [1.54, 1.807) is 10.5 Å². The van der Waals surface area contributed by atoms with E-state index in [4.69, 9.17) is 0 Å². The molecule has 2 aliphatic rings. The second-order valence-corrected chi connectivity index (χ2v) is 9.10. The highest BCUT2D eigenvalue weighted by molar-refractivity contribution is 7.89. The van der Waals surface area contributed by atoms with Crippen LogP contribution in [0.5, 0.6) is 0 Å². The average Bonchev–Trinajstić information content (AvgIpc) is 3.21. The second kappa shape index (κ2) is 8.81. The minimum absolute atomic E-state index is 0.0849. The number of carbonyl (C=O) groups excluding carboxylic acids is 1. The Bertz CT molecular complexity index is 682. The molecular weight excluding hydrogens is 352 g/mol. The molecule has 3 rings (SSSR count). The Morgan fingerprint density at radius 2 is 1.88 bits per heavy atom. The maximum Gasteiger partial charge on any atom is 0.223 e. The summed E-state index contributed by atoms with van der Waals surface area (Å²) in [6.45, 7) is 2.69. The van der Waals surface area contributed by atoms with Gasteiger partial charge in [-0.15, -0.1) is 0 Å². The van der Waals surface area contributed by atoms with E-state index in [1.807, 2.05) is 18.2 Å². The van der Waals surface area contributed by atoms with Gasteiger partial charge in [0.05, 0.1) is 5.75 Å². The van der Waals surface area contributed by atoms with Crippen LogP contribution in [-0.4, -0.2) is 62.1 Å². The molecule has 8 heteroatoms. The molecule has 1 N–H and O–H groups in total. The zero-order valence-corrected chi connectivity index (χ0v) is 16.0. The smallest absolute Gasteiger partial charge is 0.223 e. The third kappa shape index (κ3) is 4.94. The number of hydrogen-bond donors (Lipinski definition) is 1. The quantitative estimate of drug-likeness (QED) is 0.720. The molecule has 26 heavy (non-hydrogen) atoms. The fourth-order valence-corrected chi connectivity index (χ4v) is 5.15. The number of aromatic nitrogens is 1. The van der Waals surface area contributed by atoms with Crippen LogP contribution in [-0.2, 0) is 14.8 Å². The van der Waals surface area contributed by atoms with Gasteiger partial charge in [-0.2, -0.15) is 4.31 Å². The van der Waals surface area contributed by atoms with Crippen molar-refractivity contribution < 1.29 is 13.2 Å². The first-order chi connectivity index (χ1) is 12.6. The second-order valence-electron chi connectivity index (χ2n) is 7.02. The largest absolute Gasteiger partial charge is 0.356 e. The van der Waals surface area contributed by atoms with Gasteiger partial charge in [-0.05, 0) is 31.4 Å². The predicted molar refractivity (Wildman–Crippen MR) is 101 cm³/mol. The SMILES string of the molecule is O=C(NCCCS(=O)(=O)N1CCN(c2ccccn2)CC1)C1CCCC1. The monoisotopic (exact) mass is 380 g/mol. The van der Waals surface area contributed by atoms with Crippen LogP contribution in [0.1, 0.15) is 32.1 Å². The van der Waals surface area contributed by atoms with E-state index in [2.05, 4.69) is 15.2 Å². The maximum atomic E-state index is 12.5. The molecule has 1 aliphatic heterocycles. The molecular formula is C18H28N4O3S. The molecule has 1 saturated carbocycles. The number of piperazine rings is 1. The Morgan fingerprint density at radius 3 is 2.54 bits per heavy atom. The van der Waals surface area contributed by atoms with Crippen molar-refractivity contribution in [3.63, 3.8) is 0 Å². The van der Waals surface area contributed by atoms with Gasteiger partial charge in [0.15, 0.2) is 0 Å². The number of anilines is 1. The first-order valence-corrected chi connectivity index (χ1v) is 11.1. The van der Waals surface area contributed by atoms with Crippen molar-refractivity contribution in [2.75, 3.05) is 43.4 Å². The number of nitrogens with one attached hydrogen (secondary N) is 1. The predicted octanol–water partition coefficient (Wildman–Crippen LogP) is 1.23. The van der Waals surface area contributed by atoms with Gasteiger partial charge >= 0.3 is 0 Å². The van der Waals surface area contributed by atoms with Gasteiger partial charge in [0, 0.05) is 44.8 Å². The standard InChI is InChI=1S/C18H28N4O3S/c23-18(16-6-1-2-7-16)20-10-5-15-26(24,25)22-13-11-21(12-14-22)17-8-3-4-9-19-17/h3-4,8-9,16H,1-2,5-7,10-15H2,(H,20,23). The van der Waals surface area contributed by atoms with Gasteiger partial charge in [0.25, 0.3) is 0 Å². The van der Waals surface area contributed by atoms with Crippen molar-refractivity contribution in [1.82, 2.24) is 14.6 Å². The van der Waals surface area contributed by atoms with Crippen molar-refractivity contribution in [2.24, 2.45) is 5.92 Å². The van der Waals surface area contributed by atoms with Crippen molar-refractivity contribution in [2.45, 2.75) is 32.1 Å². The van der Waals surface area contributed by atoms with Crippen LogP contribution < -0.4 is 10.2 Å². The van der Waals surface area contributed by atoms with E-state index in [-0.39, 0.29) is 17.6 Å². The van der Waals surface area contributed by atoms with Crippen molar-refractivity contribution in [3.05, 3.63) is 24.4 Å². The summed E-state index contributed by atoms with van der Waals surface area (Å²) in [6, 6.07) is 5.75. The Kier molecular flexibility index (Phi) is 6.48. The van der Waals surface area contributed by atoms with Crippen LogP contribution in [0.4, 0.5) is 5.82 Å². The molecule has 1 aliphatic carbocycles. The van der Waals surface area contributed by atoms with E-state index in [1.165, 1.54) is 0 Å². The van der Waals surface area contributed by atoms with E-state index in [9.17, 15) is 13.2 Å². The summed E-state index contributed by atoms with van der Waals surface area (Å²) in [6.07, 6.45) is 6.38. The van der Waals surface area contributed by atoms with E-state index >= 15 is 0 Å². The minimum atomic E-state index is -3.27. The van der Waals surface area contributed by atoms with Crippen molar-refractivity contribution in [1.29, 1.82) is 0 Å². The topological polar surface area (TPSA) is 82.6 Å². The molecule has 2 fully saturated rings. The summed E-state index contributed by atoms with van der Waals surface area (Å²) in [5.74, 6) is 1.19. The Hall–Kier alpha value is -1.67. The summed E-state index contributed by atoms with van der Waals surface area (Å²) in [7, 11) is -3.27. The molecule has 1 saturated heterocycles. The number of amides is 1. The lowest BCUT2D eigenvalue weighted by Gasteiger charge is -2.34. The highest BCUT2D eigenvalue weighted by atomic mass is 32.2. The Balaban J connectivity index is 1.39. The van der Waals surface area contributed by atoms with Gasteiger partial charge in [-0.3, -0.25) is 4.79 Å². The lowest BCUT2D eigenvalue weighted by molar-refractivity contribution is -0.124. The van der Waals surface area contributed by atoms with Crippen LogP contribution in [0, 0.1) is 5.92 Å². The highest BCUT2D eigenvalue weighted by Gasteiger charge is 2.27. The van der Waals surface area contributed by atoms with Gasteiger partial charge in [-0.25, -0.2) is 13.4 Å². The normalized spacial score (nSPS) is 19.6. The summed E-state index contributed by atoms with van der Waals surface area (Å²) in [4.78, 5) is 18.4. The third-order valence-electron chi connectivity index (χ3n) is 5.21. The van der Waals surface area contributed by atoms with Crippen molar-refractivity contribution >= 4 is 21.7 Å². The molecule has 0 unspecified atom stereocenters. The number of carbonyl (C=O) groups is 1. The third-order valence-corrected chi connectivity index (χ3v) is 7.17. The fraction of sp³-hybridized carbons (Fsp3) is 0.667. The number of nitrogens with zero attached hydrogens (tertiary/aromatic N) is 3. The molecule has 7 nitrogen and oxygen atoms in total. The molecule has 1 aromatic rings. The van der Waals surface area contributed by atoms with Crippen LogP contribution in [0.15, 0.2) is 24.4 Å². The molecule has 0 spiro atoms. The molecule has 0 bridgehead atoms. The zero-order valence-electron chi connectivity index (χ0n) is 15.1. The maximum absolute atomic E-state index is 12.5. The van der Waals surface area contributed by atoms with E-state index < -0.39 is 10.0 Å². The van der Waals surface area contributed by atoms with Crippen LogP contribution in [0.3, 0.4) is 0 Å². The first-order valence-electron chi connectivity index (χ1n) is 9.48. The molecule has 2 heterocycles. The molecule has 1 aromatic heterocycles. The van der Waals surface area contributed by atoms with Crippen molar-refractivity contribution in [3.8, 4) is 0 Å². The Morgan fingerprint density at radius 1 is 1.15 bits per heavy atom. The molecule has 0 atom stereocenters.